The lowest BCUT2D eigenvalue weighted by Crippen LogP contribution is -2.32. The van der Waals surface area contributed by atoms with Crippen LogP contribution >= 0.6 is 0 Å². The maximum Gasteiger partial charge on any atom is 0.272 e. The highest BCUT2D eigenvalue weighted by Gasteiger charge is 2.44. The van der Waals surface area contributed by atoms with Gasteiger partial charge >= 0.3 is 0 Å². The van der Waals surface area contributed by atoms with E-state index in [0.717, 1.165) is 62.1 Å². The van der Waals surface area contributed by atoms with E-state index in [9.17, 15) is 13.9 Å². The van der Waals surface area contributed by atoms with Crippen molar-refractivity contribution in [2.75, 3.05) is 33.8 Å². The summed E-state index contributed by atoms with van der Waals surface area (Å²) >= 11 is 0. The summed E-state index contributed by atoms with van der Waals surface area (Å²) in [5.41, 5.74) is 2.98. The number of aromatic nitrogens is 2. The van der Waals surface area contributed by atoms with Gasteiger partial charge in [-0.15, -0.1) is 0 Å². The summed E-state index contributed by atoms with van der Waals surface area (Å²) in [7, 11) is 4.00. The zero-order valence-electron chi connectivity index (χ0n) is 19.4. The minimum atomic E-state index is -2.68. The van der Waals surface area contributed by atoms with Crippen LogP contribution in [0.2, 0.25) is 0 Å². The lowest BCUT2D eigenvalue weighted by Gasteiger charge is -2.42. The third-order valence-corrected chi connectivity index (χ3v) is 7.08. The first-order valence-electron chi connectivity index (χ1n) is 11.4. The van der Waals surface area contributed by atoms with Crippen LogP contribution in [0.4, 0.5) is 8.78 Å². The first kappa shape index (κ1) is 23.6. The van der Waals surface area contributed by atoms with Crippen molar-refractivity contribution < 1.29 is 13.9 Å². The summed E-state index contributed by atoms with van der Waals surface area (Å²) in [5.74, 6) is -2.37. The SMILES string of the molecule is CNCCN(C)Cc1nn2c(c1C1CCC(C)(CC(C)(C)CO)CC1)CC(F)(F)C2. The van der Waals surface area contributed by atoms with Gasteiger partial charge in [0.15, 0.2) is 0 Å². The number of nitrogens with zero attached hydrogens (tertiary/aromatic N) is 3. The summed E-state index contributed by atoms with van der Waals surface area (Å²) in [6, 6.07) is 0. The zero-order chi connectivity index (χ0) is 22.2. The van der Waals surface area contributed by atoms with Gasteiger partial charge in [0.25, 0.3) is 5.92 Å². The van der Waals surface area contributed by atoms with E-state index in [1.54, 1.807) is 4.68 Å². The molecule has 0 saturated heterocycles. The molecule has 2 heterocycles. The molecule has 1 aliphatic heterocycles. The van der Waals surface area contributed by atoms with Gasteiger partial charge in [0.05, 0.1) is 12.1 Å². The lowest BCUT2D eigenvalue weighted by atomic mass is 9.63. The second-order valence-corrected chi connectivity index (χ2v) is 10.9. The summed E-state index contributed by atoms with van der Waals surface area (Å²) in [5, 5.41) is 17.5. The molecule has 1 fully saturated rings. The zero-order valence-corrected chi connectivity index (χ0v) is 19.4. The van der Waals surface area contributed by atoms with Crippen LogP contribution in [0.3, 0.4) is 0 Å². The van der Waals surface area contributed by atoms with Crippen molar-refractivity contribution in [2.24, 2.45) is 10.8 Å². The number of hydrogen-bond acceptors (Lipinski definition) is 4. The molecule has 0 amide bonds. The van der Waals surface area contributed by atoms with Crippen LogP contribution in [0.25, 0.3) is 0 Å². The van der Waals surface area contributed by atoms with Crippen LogP contribution in [0, 0.1) is 10.8 Å². The highest BCUT2D eigenvalue weighted by molar-refractivity contribution is 5.34. The Labute approximate surface area is 180 Å². The van der Waals surface area contributed by atoms with Crippen LogP contribution in [-0.4, -0.2) is 59.5 Å². The average molecular weight is 427 g/mol. The molecule has 1 saturated carbocycles. The Kier molecular flexibility index (Phi) is 6.95. The van der Waals surface area contributed by atoms with Crippen LogP contribution in [0.5, 0.6) is 0 Å². The Morgan fingerprint density at radius 3 is 2.57 bits per heavy atom. The fraction of sp³-hybridized carbons (Fsp3) is 0.870. The number of aliphatic hydroxyl groups excluding tert-OH is 1. The van der Waals surface area contributed by atoms with Gasteiger partial charge in [-0.2, -0.15) is 5.10 Å². The van der Waals surface area contributed by atoms with Crippen LogP contribution in [-0.2, 0) is 19.5 Å². The molecule has 3 rings (SSSR count). The van der Waals surface area contributed by atoms with Crippen molar-refractivity contribution in [1.29, 1.82) is 0 Å². The largest absolute Gasteiger partial charge is 0.396 e. The summed E-state index contributed by atoms with van der Waals surface area (Å²) in [4.78, 5) is 2.22. The van der Waals surface area contributed by atoms with Gasteiger partial charge in [0, 0.05) is 37.5 Å². The topological polar surface area (TPSA) is 53.3 Å². The predicted octanol–water partition coefficient (Wildman–Crippen LogP) is 3.80. The van der Waals surface area contributed by atoms with Crippen molar-refractivity contribution >= 4 is 0 Å². The highest BCUT2D eigenvalue weighted by Crippen LogP contribution is 2.50. The fourth-order valence-electron chi connectivity index (χ4n) is 5.62. The molecular weight excluding hydrogens is 386 g/mol. The molecule has 0 unspecified atom stereocenters. The predicted molar refractivity (Wildman–Crippen MR) is 116 cm³/mol. The third-order valence-electron chi connectivity index (χ3n) is 7.08. The monoisotopic (exact) mass is 426 g/mol. The van der Waals surface area contributed by atoms with Gasteiger partial charge in [0.1, 0.15) is 6.54 Å². The van der Waals surface area contributed by atoms with Gasteiger partial charge in [-0.25, -0.2) is 8.78 Å². The van der Waals surface area contributed by atoms with E-state index >= 15 is 0 Å². The van der Waals surface area contributed by atoms with Crippen molar-refractivity contribution in [3.05, 3.63) is 17.0 Å². The molecular formula is C23H40F2N4O. The van der Waals surface area contributed by atoms with Crippen molar-refractivity contribution in [2.45, 2.75) is 84.2 Å². The second kappa shape index (κ2) is 8.83. The number of nitrogens with one attached hydrogen (secondary N) is 1. The minimum absolute atomic E-state index is 0.0796. The molecule has 2 N–H and O–H groups in total. The van der Waals surface area contributed by atoms with Crippen LogP contribution in [0.15, 0.2) is 0 Å². The molecule has 2 aliphatic rings. The molecule has 1 aromatic heterocycles. The van der Waals surface area contributed by atoms with Crippen molar-refractivity contribution in [3.8, 4) is 0 Å². The minimum Gasteiger partial charge on any atom is -0.396 e. The van der Waals surface area contributed by atoms with E-state index in [0.29, 0.717) is 12.5 Å². The van der Waals surface area contributed by atoms with E-state index in [2.05, 4.69) is 43.1 Å². The molecule has 1 aromatic rings. The quantitative estimate of drug-likeness (QED) is 0.631. The normalized spacial score (nSPS) is 26.4. The molecule has 1 aliphatic carbocycles. The number of hydrogen-bond donors (Lipinski definition) is 2. The number of likely N-dealkylation sites (N-methyl/N-ethyl adjacent to an activating group) is 2. The summed E-state index contributed by atoms with van der Waals surface area (Å²) in [6.45, 7) is 8.96. The first-order valence-corrected chi connectivity index (χ1v) is 11.4. The van der Waals surface area contributed by atoms with E-state index in [-0.39, 0.29) is 30.4 Å². The van der Waals surface area contributed by atoms with Crippen LogP contribution in [0.1, 0.15) is 75.7 Å². The molecule has 172 valence electrons. The molecule has 0 aromatic carbocycles. The lowest BCUT2D eigenvalue weighted by molar-refractivity contribution is 0.000613. The number of halogens is 2. The molecule has 30 heavy (non-hydrogen) atoms. The Morgan fingerprint density at radius 1 is 1.30 bits per heavy atom. The first-order chi connectivity index (χ1) is 14.0. The number of aliphatic hydroxyl groups is 1. The van der Waals surface area contributed by atoms with E-state index in [1.165, 1.54) is 0 Å². The van der Waals surface area contributed by atoms with Crippen molar-refractivity contribution in [1.82, 2.24) is 20.0 Å². The van der Waals surface area contributed by atoms with E-state index < -0.39 is 5.92 Å². The standard InChI is InChI=1S/C23H40F2N4O/c1-21(2,16-30)14-22(3)8-6-17(7-9-22)20-18(13-28(5)11-10-26-4)27-29-15-23(24,25)12-19(20)29/h17,26,30H,6-16H2,1-5H3. The summed E-state index contributed by atoms with van der Waals surface area (Å²) in [6.07, 6.45) is 4.97. The van der Waals surface area contributed by atoms with Gasteiger partial charge in [-0.1, -0.05) is 20.8 Å². The number of fused-ring (bicyclic) bond motifs is 1. The molecule has 0 bridgehead atoms. The van der Waals surface area contributed by atoms with Gasteiger partial charge in [-0.3, -0.25) is 9.58 Å². The molecule has 0 atom stereocenters. The molecule has 7 heteroatoms. The number of alkyl halides is 2. The Hall–Kier alpha value is -1.05. The second-order valence-electron chi connectivity index (χ2n) is 10.9. The van der Waals surface area contributed by atoms with Crippen LogP contribution < -0.4 is 5.32 Å². The average Bonchev–Trinajstić information content (AvgIpc) is 3.11. The molecule has 5 nitrogen and oxygen atoms in total. The maximum absolute atomic E-state index is 14.1. The Bertz CT molecular complexity index is 723. The smallest absolute Gasteiger partial charge is 0.272 e. The molecule has 0 radical (unpaired) electrons. The highest BCUT2D eigenvalue weighted by atomic mass is 19.3. The Balaban J connectivity index is 1.78. The number of rotatable bonds is 9. The maximum atomic E-state index is 14.1. The van der Waals surface area contributed by atoms with E-state index in [4.69, 9.17) is 0 Å². The van der Waals surface area contributed by atoms with Crippen molar-refractivity contribution in [3.63, 3.8) is 0 Å². The van der Waals surface area contributed by atoms with Gasteiger partial charge in [0.2, 0.25) is 0 Å². The Morgan fingerprint density at radius 2 is 1.97 bits per heavy atom. The fourth-order valence-corrected chi connectivity index (χ4v) is 5.62. The molecule has 0 spiro atoms. The summed E-state index contributed by atoms with van der Waals surface area (Å²) < 4.78 is 29.8. The third kappa shape index (κ3) is 5.40. The van der Waals surface area contributed by atoms with Gasteiger partial charge < -0.3 is 10.4 Å². The van der Waals surface area contributed by atoms with E-state index in [1.807, 2.05) is 7.05 Å². The van der Waals surface area contributed by atoms with Gasteiger partial charge in [-0.05, 0) is 62.9 Å².